The summed E-state index contributed by atoms with van der Waals surface area (Å²) in [6, 6.07) is 7.37. The standard InChI is InChI=1S/C27H23F6N5O5/c1-12(34)22-21(24(40)35-13(2)23(39)36-16-6-4-5-7-17(16)43-27(31,32)33)38-25(42-22)15-8-10-18(41-3)20-14(15)9-11-19(37-20)26(28,29)30/h4-13H,34H2,1-3H3,(H,35,40)(H,36,39)/t12-,13+/m0/s1. The van der Waals surface area contributed by atoms with Crippen LogP contribution in [-0.2, 0) is 11.0 Å². The molecule has 0 saturated heterocycles. The summed E-state index contributed by atoms with van der Waals surface area (Å²) in [5.74, 6) is -2.70. The lowest BCUT2D eigenvalue weighted by Crippen LogP contribution is -2.42. The molecule has 2 amide bonds. The van der Waals surface area contributed by atoms with Crippen LogP contribution >= 0.6 is 0 Å². The number of pyridine rings is 1. The molecule has 0 aliphatic rings. The summed E-state index contributed by atoms with van der Waals surface area (Å²) in [6.45, 7) is 2.76. The zero-order chi connectivity index (χ0) is 31.7. The summed E-state index contributed by atoms with van der Waals surface area (Å²) in [5.41, 5.74) is 4.24. The summed E-state index contributed by atoms with van der Waals surface area (Å²) in [4.78, 5) is 33.8. The second-order valence-corrected chi connectivity index (χ2v) is 9.15. The van der Waals surface area contributed by atoms with Gasteiger partial charge in [-0.15, -0.1) is 13.2 Å². The summed E-state index contributed by atoms with van der Waals surface area (Å²) in [7, 11) is 1.26. The third-order valence-electron chi connectivity index (χ3n) is 5.95. The van der Waals surface area contributed by atoms with E-state index in [1.807, 2.05) is 0 Å². The Morgan fingerprint density at radius 2 is 1.65 bits per heavy atom. The summed E-state index contributed by atoms with van der Waals surface area (Å²) in [6.07, 6.45) is -9.73. The Labute approximate surface area is 239 Å². The van der Waals surface area contributed by atoms with Crippen molar-refractivity contribution in [1.29, 1.82) is 0 Å². The number of benzene rings is 2. The zero-order valence-corrected chi connectivity index (χ0v) is 22.6. The third-order valence-corrected chi connectivity index (χ3v) is 5.95. The Morgan fingerprint density at radius 3 is 2.28 bits per heavy atom. The van der Waals surface area contributed by atoms with Gasteiger partial charge < -0.3 is 30.3 Å². The molecule has 4 rings (SSSR count). The highest BCUT2D eigenvalue weighted by molar-refractivity contribution is 6.02. The van der Waals surface area contributed by atoms with E-state index in [1.165, 1.54) is 51.3 Å². The molecule has 2 aromatic heterocycles. The first-order valence-electron chi connectivity index (χ1n) is 12.4. The first kappa shape index (κ1) is 31.1. The van der Waals surface area contributed by atoms with Gasteiger partial charge in [-0.05, 0) is 50.2 Å². The lowest BCUT2D eigenvalue weighted by atomic mass is 10.1. The Kier molecular flexibility index (Phi) is 8.52. The molecule has 0 bridgehead atoms. The van der Waals surface area contributed by atoms with E-state index in [2.05, 4.69) is 25.3 Å². The minimum atomic E-state index is -5.01. The Hall–Kier alpha value is -4.86. The number of amides is 2. The van der Waals surface area contributed by atoms with Gasteiger partial charge in [0.15, 0.2) is 17.2 Å². The molecular weight excluding hydrogens is 588 g/mol. The van der Waals surface area contributed by atoms with E-state index < -0.39 is 47.9 Å². The van der Waals surface area contributed by atoms with Gasteiger partial charge in [0.05, 0.1) is 18.8 Å². The highest BCUT2D eigenvalue weighted by Crippen LogP contribution is 2.37. The van der Waals surface area contributed by atoms with Gasteiger partial charge in [0.25, 0.3) is 5.91 Å². The van der Waals surface area contributed by atoms with Gasteiger partial charge in [-0.25, -0.2) is 9.97 Å². The van der Waals surface area contributed by atoms with E-state index in [-0.39, 0.29) is 45.2 Å². The van der Waals surface area contributed by atoms with E-state index in [0.717, 1.165) is 18.2 Å². The maximum Gasteiger partial charge on any atom is 0.573 e. The molecule has 2 aromatic carbocycles. The van der Waals surface area contributed by atoms with Gasteiger partial charge in [0.2, 0.25) is 11.8 Å². The van der Waals surface area contributed by atoms with Gasteiger partial charge in [-0.3, -0.25) is 9.59 Å². The molecule has 16 heteroatoms. The lowest BCUT2D eigenvalue weighted by molar-refractivity contribution is -0.274. The van der Waals surface area contributed by atoms with Crippen LogP contribution in [0.15, 0.2) is 52.9 Å². The topological polar surface area (TPSA) is 142 Å². The van der Waals surface area contributed by atoms with Crippen molar-refractivity contribution in [2.24, 2.45) is 5.73 Å². The molecule has 43 heavy (non-hydrogen) atoms. The Balaban J connectivity index is 1.62. The number of rotatable bonds is 8. The number of nitrogens with zero attached hydrogens (tertiary/aromatic N) is 2. The summed E-state index contributed by atoms with van der Waals surface area (Å²) in [5, 5.41) is 4.80. The van der Waals surface area contributed by atoms with Crippen LogP contribution in [0.4, 0.5) is 32.0 Å². The molecule has 0 fully saturated rings. The van der Waals surface area contributed by atoms with Crippen molar-refractivity contribution in [3.05, 3.63) is 65.7 Å². The van der Waals surface area contributed by atoms with Crippen molar-refractivity contribution in [2.75, 3.05) is 12.4 Å². The molecule has 228 valence electrons. The maximum absolute atomic E-state index is 13.3. The second kappa shape index (κ2) is 11.8. The van der Waals surface area contributed by atoms with Crippen LogP contribution in [0.1, 0.15) is 41.8 Å². The predicted molar refractivity (Wildman–Crippen MR) is 140 cm³/mol. The van der Waals surface area contributed by atoms with Crippen molar-refractivity contribution in [1.82, 2.24) is 15.3 Å². The minimum absolute atomic E-state index is 0.0452. The predicted octanol–water partition coefficient (Wildman–Crippen LogP) is 5.59. The third kappa shape index (κ3) is 6.97. The minimum Gasteiger partial charge on any atom is -0.494 e. The molecule has 0 radical (unpaired) electrons. The van der Waals surface area contributed by atoms with Crippen LogP contribution < -0.4 is 25.8 Å². The molecule has 2 atom stereocenters. The van der Waals surface area contributed by atoms with Crippen LogP contribution in [0.25, 0.3) is 22.4 Å². The number of aromatic nitrogens is 2. The molecule has 0 unspecified atom stereocenters. The number of nitrogens with one attached hydrogen (secondary N) is 2. The number of alkyl halides is 6. The quantitative estimate of drug-likeness (QED) is 0.219. The normalized spacial score (nSPS) is 13.3. The number of nitrogens with two attached hydrogens (primary N) is 1. The number of methoxy groups -OCH3 is 1. The maximum atomic E-state index is 13.3. The van der Waals surface area contributed by atoms with Crippen molar-refractivity contribution in [2.45, 2.75) is 38.5 Å². The van der Waals surface area contributed by atoms with Crippen molar-refractivity contribution < 1.29 is 49.8 Å². The highest BCUT2D eigenvalue weighted by atomic mass is 19.4. The van der Waals surface area contributed by atoms with Crippen LogP contribution in [0.5, 0.6) is 11.5 Å². The smallest absolute Gasteiger partial charge is 0.494 e. The van der Waals surface area contributed by atoms with E-state index in [4.69, 9.17) is 14.9 Å². The molecule has 2 heterocycles. The molecule has 4 aromatic rings. The number of fused-ring (bicyclic) bond motifs is 1. The molecule has 0 aliphatic carbocycles. The highest BCUT2D eigenvalue weighted by Gasteiger charge is 2.34. The first-order valence-corrected chi connectivity index (χ1v) is 12.4. The monoisotopic (exact) mass is 611 g/mol. The fourth-order valence-electron chi connectivity index (χ4n) is 3.97. The number of oxazole rings is 1. The second-order valence-electron chi connectivity index (χ2n) is 9.15. The molecule has 0 saturated carbocycles. The van der Waals surface area contributed by atoms with Crippen LogP contribution in [0.3, 0.4) is 0 Å². The average Bonchev–Trinajstić information content (AvgIpc) is 3.38. The number of halogens is 6. The number of ether oxygens (including phenoxy) is 2. The van der Waals surface area contributed by atoms with Gasteiger partial charge in [-0.1, -0.05) is 12.1 Å². The summed E-state index contributed by atoms with van der Waals surface area (Å²) >= 11 is 0. The Bertz CT molecular complexity index is 1670. The van der Waals surface area contributed by atoms with Crippen LogP contribution in [-0.4, -0.2) is 41.3 Å². The average molecular weight is 611 g/mol. The SMILES string of the molecule is COc1ccc(-c2nc(C(=O)N[C@H](C)C(=O)Nc3ccccc3OC(F)(F)F)c([C@H](C)N)o2)c2ccc(C(F)(F)F)nc12. The first-order chi connectivity index (χ1) is 20.1. The van der Waals surface area contributed by atoms with Crippen molar-refractivity contribution in [3.8, 4) is 23.0 Å². The number of para-hydroxylation sites is 2. The molecular formula is C27H23F6N5O5. The van der Waals surface area contributed by atoms with Gasteiger partial charge in [-0.2, -0.15) is 13.2 Å². The fourth-order valence-corrected chi connectivity index (χ4v) is 3.97. The van der Waals surface area contributed by atoms with E-state index in [1.54, 1.807) is 0 Å². The van der Waals surface area contributed by atoms with Gasteiger partial charge in [0, 0.05) is 10.9 Å². The van der Waals surface area contributed by atoms with Gasteiger partial charge >= 0.3 is 12.5 Å². The molecule has 0 aliphatic heterocycles. The fraction of sp³-hybridized carbons (Fsp3) is 0.259. The lowest BCUT2D eigenvalue weighted by Gasteiger charge is -2.17. The number of carbonyl (C=O) groups is 2. The van der Waals surface area contributed by atoms with Crippen molar-refractivity contribution in [3.63, 3.8) is 0 Å². The number of hydrogen-bond acceptors (Lipinski definition) is 8. The van der Waals surface area contributed by atoms with Crippen molar-refractivity contribution >= 4 is 28.4 Å². The molecule has 0 spiro atoms. The Morgan fingerprint density at radius 1 is 0.953 bits per heavy atom. The van der Waals surface area contributed by atoms with E-state index in [0.29, 0.717) is 0 Å². The number of carbonyl (C=O) groups excluding carboxylic acids is 2. The number of hydrogen-bond donors (Lipinski definition) is 3. The molecule has 4 N–H and O–H groups in total. The van der Waals surface area contributed by atoms with Crippen LogP contribution in [0.2, 0.25) is 0 Å². The molecule has 10 nitrogen and oxygen atoms in total. The largest absolute Gasteiger partial charge is 0.573 e. The van der Waals surface area contributed by atoms with Gasteiger partial charge in [0.1, 0.15) is 23.0 Å². The summed E-state index contributed by atoms with van der Waals surface area (Å²) < 4.78 is 92.9. The number of anilines is 1. The van der Waals surface area contributed by atoms with E-state index in [9.17, 15) is 35.9 Å². The van der Waals surface area contributed by atoms with E-state index >= 15 is 0 Å². The van der Waals surface area contributed by atoms with Crippen LogP contribution in [0, 0.1) is 0 Å². The zero-order valence-electron chi connectivity index (χ0n) is 22.6.